The quantitative estimate of drug-likeness (QED) is 0.703. The summed E-state index contributed by atoms with van der Waals surface area (Å²) in [5, 5.41) is 2.10. The summed E-state index contributed by atoms with van der Waals surface area (Å²) in [6, 6.07) is 0. The molecule has 0 saturated carbocycles. The number of alkyl halides is 2. The van der Waals surface area contributed by atoms with Gasteiger partial charge in [0.25, 0.3) is 11.8 Å². The molecule has 5 nitrogen and oxygen atoms in total. The van der Waals surface area contributed by atoms with Crippen LogP contribution in [0.3, 0.4) is 0 Å². The number of halogens is 2. The lowest BCUT2D eigenvalue weighted by molar-refractivity contribution is 0.0118. The first-order chi connectivity index (χ1) is 8.69. The smallest absolute Gasteiger partial charge is 0.277 e. The lowest BCUT2D eigenvalue weighted by Gasteiger charge is -2.14. The SMILES string of the molecule is CC(=O)c1c(C)[nH]c(C(=O)NCC(F)(F)CN)c1C. The molecule has 0 aliphatic rings. The van der Waals surface area contributed by atoms with Gasteiger partial charge in [-0.3, -0.25) is 9.59 Å². The van der Waals surface area contributed by atoms with Crippen molar-refractivity contribution < 1.29 is 18.4 Å². The van der Waals surface area contributed by atoms with E-state index in [9.17, 15) is 18.4 Å². The van der Waals surface area contributed by atoms with E-state index < -0.39 is 24.9 Å². The van der Waals surface area contributed by atoms with Crippen LogP contribution in [0.1, 0.15) is 39.0 Å². The molecule has 0 atom stereocenters. The highest BCUT2D eigenvalue weighted by Gasteiger charge is 2.28. The number of ketones is 1. The first-order valence-electron chi connectivity index (χ1n) is 5.76. The molecule has 4 N–H and O–H groups in total. The first-order valence-corrected chi connectivity index (χ1v) is 5.76. The van der Waals surface area contributed by atoms with Crippen LogP contribution in [0.4, 0.5) is 8.78 Å². The van der Waals surface area contributed by atoms with Gasteiger partial charge < -0.3 is 16.0 Å². The predicted octanol–water partition coefficient (Wildman–Crippen LogP) is 1.16. The van der Waals surface area contributed by atoms with Gasteiger partial charge in [0.1, 0.15) is 5.69 Å². The van der Waals surface area contributed by atoms with Crippen molar-refractivity contribution in [3.8, 4) is 0 Å². The Kier molecular flexibility index (Phi) is 4.41. The molecule has 1 heterocycles. The van der Waals surface area contributed by atoms with Gasteiger partial charge in [-0.15, -0.1) is 0 Å². The molecule has 0 fully saturated rings. The Morgan fingerprint density at radius 2 is 1.95 bits per heavy atom. The van der Waals surface area contributed by atoms with Crippen LogP contribution < -0.4 is 11.1 Å². The van der Waals surface area contributed by atoms with Gasteiger partial charge in [0, 0.05) is 11.3 Å². The number of carbonyl (C=O) groups is 2. The zero-order chi connectivity index (χ0) is 14.8. The number of carbonyl (C=O) groups excluding carboxylic acids is 2. The normalized spacial score (nSPS) is 11.5. The summed E-state index contributed by atoms with van der Waals surface area (Å²) in [7, 11) is 0. The lowest BCUT2D eigenvalue weighted by Crippen LogP contribution is -2.41. The zero-order valence-electron chi connectivity index (χ0n) is 11.1. The summed E-state index contributed by atoms with van der Waals surface area (Å²) in [4.78, 5) is 25.9. The third-order valence-electron chi connectivity index (χ3n) is 2.82. The molecule has 7 heteroatoms. The summed E-state index contributed by atoms with van der Waals surface area (Å²) < 4.78 is 25.9. The number of nitrogens with one attached hydrogen (secondary N) is 2. The van der Waals surface area contributed by atoms with Crippen LogP contribution in [0.15, 0.2) is 0 Å². The number of nitrogens with two attached hydrogens (primary N) is 1. The predicted molar refractivity (Wildman–Crippen MR) is 66.6 cm³/mol. The Bertz CT molecular complexity index is 509. The summed E-state index contributed by atoms with van der Waals surface area (Å²) in [6.45, 7) is 2.95. The fraction of sp³-hybridized carbons (Fsp3) is 0.500. The van der Waals surface area contributed by atoms with Crippen molar-refractivity contribution in [2.24, 2.45) is 5.73 Å². The second-order valence-corrected chi connectivity index (χ2v) is 4.42. The second-order valence-electron chi connectivity index (χ2n) is 4.42. The Balaban J connectivity index is 2.90. The number of aromatic amines is 1. The van der Waals surface area contributed by atoms with Gasteiger partial charge in [-0.25, -0.2) is 8.78 Å². The van der Waals surface area contributed by atoms with Crippen LogP contribution >= 0.6 is 0 Å². The van der Waals surface area contributed by atoms with Gasteiger partial charge in [0.15, 0.2) is 5.78 Å². The van der Waals surface area contributed by atoms with Crippen molar-refractivity contribution >= 4 is 11.7 Å². The van der Waals surface area contributed by atoms with Crippen LogP contribution in [0, 0.1) is 13.8 Å². The van der Waals surface area contributed by atoms with E-state index in [4.69, 9.17) is 5.73 Å². The average molecular weight is 273 g/mol. The number of aryl methyl sites for hydroxylation is 1. The molecule has 106 valence electrons. The van der Waals surface area contributed by atoms with Crippen LogP contribution in [-0.2, 0) is 0 Å². The highest BCUT2D eigenvalue weighted by molar-refractivity contribution is 6.02. The number of hydrogen-bond acceptors (Lipinski definition) is 3. The van der Waals surface area contributed by atoms with Crippen molar-refractivity contribution in [3.63, 3.8) is 0 Å². The third-order valence-corrected chi connectivity index (χ3v) is 2.82. The van der Waals surface area contributed by atoms with Crippen molar-refractivity contribution in [1.29, 1.82) is 0 Å². The molecule has 1 rings (SSSR count). The number of rotatable bonds is 5. The van der Waals surface area contributed by atoms with E-state index >= 15 is 0 Å². The molecule has 1 amide bonds. The van der Waals surface area contributed by atoms with Crippen LogP contribution in [0.2, 0.25) is 0 Å². The summed E-state index contributed by atoms with van der Waals surface area (Å²) in [6.07, 6.45) is 0. The van der Waals surface area contributed by atoms with E-state index in [1.165, 1.54) is 6.92 Å². The molecule has 0 unspecified atom stereocenters. The van der Waals surface area contributed by atoms with Crippen molar-refractivity contribution in [1.82, 2.24) is 10.3 Å². The van der Waals surface area contributed by atoms with E-state index in [-0.39, 0.29) is 11.5 Å². The molecule has 0 aliphatic carbocycles. The minimum absolute atomic E-state index is 0.121. The number of hydrogen-bond donors (Lipinski definition) is 3. The lowest BCUT2D eigenvalue weighted by atomic mass is 10.1. The van der Waals surface area contributed by atoms with Gasteiger partial charge in [0.05, 0.1) is 13.1 Å². The maximum Gasteiger partial charge on any atom is 0.277 e. The minimum atomic E-state index is -3.14. The highest BCUT2D eigenvalue weighted by Crippen LogP contribution is 2.18. The van der Waals surface area contributed by atoms with Crippen LogP contribution in [0.5, 0.6) is 0 Å². The Morgan fingerprint density at radius 1 is 1.37 bits per heavy atom. The molecular formula is C12H17F2N3O2. The van der Waals surface area contributed by atoms with Crippen molar-refractivity contribution in [2.45, 2.75) is 26.7 Å². The molecule has 0 aliphatic heterocycles. The molecule has 0 spiro atoms. The van der Waals surface area contributed by atoms with Gasteiger partial charge in [-0.05, 0) is 26.3 Å². The highest BCUT2D eigenvalue weighted by atomic mass is 19.3. The molecule has 1 aromatic rings. The molecular weight excluding hydrogens is 256 g/mol. The number of H-pyrrole nitrogens is 1. The van der Waals surface area contributed by atoms with E-state index in [1.54, 1.807) is 13.8 Å². The zero-order valence-corrected chi connectivity index (χ0v) is 11.1. The monoisotopic (exact) mass is 273 g/mol. The maximum absolute atomic E-state index is 12.9. The number of amides is 1. The second kappa shape index (κ2) is 5.48. The average Bonchev–Trinajstić information content (AvgIpc) is 2.62. The van der Waals surface area contributed by atoms with E-state index in [0.29, 0.717) is 16.8 Å². The molecule has 0 bridgehead atoms. The fourth-order valence-corrected chi connectivity index (χ4v) is 1.88. The summed E-state index contributed by atoms with van der Waals surface area (Å²) in [5.74, 6) is -4.01. The maximum atomic E-state index is 12.9. The van der Waals surface area contributed by atoms with E-state index in [2.05, 4.69) is 10.3 Å². The Morgan fingerprint density at radius 3 is 2.37 bits per heavy atom. The van der Waals surface area contributed by atoms with Gasteiger partial charge in [-0.2, -0.15) is 0 Å². The van der Waals surface area contributed by atoms with Crippen molar-refractivity contribution in [3.05, 3.63) is 22.5 Å². The van der Waals surface area contributed by atoms with Gasteiger partial charge in [-0.1, -0.05) is 0 Å². The molecule has 1 aromatic heterocycles. The Labute approximate surface area is 109 Å². The first kappa shape index (κ1) is 15.3. The minimum Gasteiger partial charge on any atom is -0.354 e. The van der Waals surface area contributed by atoms with Gasteiger partial charge >= 0.3 is 0 Å². The number of aromatic nitrogens is 1. The molecule has 0 saturated heterocycles. The fourth-order valence-electron chi connectivity index (χ4n) is 1.88. The van der Waals surface area contributed by atoms with Crippen LogP contribution in [0.25, 0.3) is 0 Å². The number of Topliss-reactive ketones (excluding diaryl/α,β-unsaturated/α-hetero) is 1. The van der Waals surface area contributed by atoms with E-state index in [1.807, 2.05) is 0 Å². The van der Waals surface area contributed by atoms with Gasteiger partial charge in [0.2, 0.25) is 0 Å². The van der Waals surface area contributed by atoms with Crippen molar-refractivity contribution in [2.75, 3.05) is 13.1 Å². The standard InChI is InChI=1S/C12H17F2N3O2/c1-6-9(8(3)18)7(2)17-10(6)11(19)16-5-12(13,14)4-15/h17H,4-5,15H2,1-3H3,(H,16,19). The summed E-state index contributed by atoms with van der Waals surface area (Å²) in [5.41, 5.74) is 6.41. The van der Waals surface area contributed by atoms with E-state index in [0.717, 1.165) is 0 Å². The molecule has 0 aromatic carbocycles. The Hall–Kier alpha value is -1.76. The molecule has 19 heavy (non-hydrogen) atoms. The van der Waals surface area contributed by atoms with Crippen LogP contribution in [-0.4, -0.2) is 35.7 Å². The largest absolute Gasteiger partial charge is 0.354 e. The summed E-state index contributed by atoms with van der Waals surface area (Å²) >= 11 is 0. The third kappa shape index (κ3) is 3.37. The molecule has 0 radical (unpaired) electrons. The topological polar surface area (TPSA) is 88.0 Å².